The summed E-state index contributed by atoms with van der Waals surface area (Å²) in [4.78, 5) is 14.8. The number of terminal acetylenes is 1. The van der Waals surface area contributed by atoms with Crippen LogP contribution in [0.3, 0.4) is 0 Å². The van der Waals surface area contributed by atoms with Gasteiger partial charge in [-0.3, -0.25) is 9.69 Å². The predicted molar refractivity (Wildman–Crippen MR) is 103 cm³/mol. The van der Waals surface area contributed by atoms with Crippen molar-refractivity contribution in [2.24, 2.45) is 0 Å². The molecule has 0 aromatic heterocycles. The maximum atomic E-state index is 12.5. The van der Waals surface area contributed by atoms with E-state index in [-0.39, 0.29) is 5.78 Å². The third-order valence-electron chi connectivity index (χ3n) is 4.46. The fraction of sp³-hybridized carbons (Fsp3) is 0.286. The lowest BCUT2D eigenvalue weighted by Crippen LogP contribution is -2.34. The molecule has 128 valence electrons. The lowest BCUT2D eigenvalue weighted by Gasteiger charge is -2.22. The Morgan fingerprint density at radius 2 is 1.80 bits per heavy atom. The van der Waals surface area contributed by atoms with Crippen molar-refractivity contribution in [3.8, 4) is 18.1 Å². The average molecular weight is 398 g/mol. The normalized spacial score (nSPS) is 17.2. The first-order valence-corrected chi connectivity index (χ1v) is 9.17. The van der Waals surface area contributed by atoms with E-state index in [4.69, 9.17) is 11.2 Å². The number of likely N-dealkylation sites (tertiary alicyclic amines) is 1. The quantitative estimate of drug-likeness (QED) is 0.541. The Labute approximate surface area is 157 Å². The SMILES string of the molecule is C#CCN1CCCC1COc1ccc(C(=O)c2ccc(Br)cc2)cc1. The van der Waals surface area contributed by atoms with Gasteiger partial charge in [0.2, 0.25) is 0 Å². The second kappa shape index (κ2) is 8.33. The standard InChI is InChI=1S/C21H20BrNO2/c1-2-13-23-14-3-4-19(23)15-25-20-11-7-17(8-12-20)21(24)16-5-9-18(22)10-6-16/h1,5-12,19H,3-4,13-15H2. The highest BCUT2D eigenvalue weighted by atomic mass is 79.9. The Hall–Kier alpha value is -2.09. The van der Waals surface area contributed by atoms with Crippen LogP contribution in [-0.2, 0) is 0 Å². The highest BCUT2D eigenvalue weighted by molar-refractivity contribution is 9.10. The van der Waals surface area contributed by atoms with Crippen LogP contribution in [0, 0.1) is 12.3 Å². The van der Waals surface area contributed by atoms with E-state index in [1.807, 2.05) is 48.5 Å². The summed E-state index contributed by atoms with van der Waals surface area (Å²) in [6.45, 7) is 2.34. The second-order valence-corrected chi connectivity index (χ2v) is 7.06. The summed E-state index contributed by atoms with van der Waals surface area (Å²) in [6.07, 6.45) is 7.69. The van der Waals surface area contributed by atoms with Crippen molar-refractivity contribution in [3.63, 3.8) is 0 Å². The first-order chi connectivity index (χ1) is 12.2. The fourth-order valence-electron chi connectivity index (χ4n) is 3.07. The molecular weight excluding hydrogens is 378 g/mol. The molecule has 0 amide bonds. The van der Waals surface area contributed by atoms with Gasteiger partial charge in [-0.25, -0.2) is 0 Å². The lowest BCUT2D eigenvalue weighted by atomic mass is 10.0. The molecule has 1 aliphatic rings. The van der Waals surface area contributed by atoms with Crippen molar-refractivity contribution < 1.29 is 9.53 Å². The number of rotatable bonds is 6. The van der Waals surface area contributed by atoms with Crippen molar-refractivity contribution in [3.05, 3.63) is 64.1 Å². The van der Waals surface area contributed by atoms with E-state index in [9.17, 15) is 4.79 Å². The minimum absolute atomic E-state index is 0.00929. The Bertz CT molecular complexity index is 762. The minimum atomic E-state index is 0.00929. The topological polar surface area (TPSA) is 29.5 Å². The predicted octanol–water partition coefficient (Wildman–Crippen LogP) is 4.16. The van der Waals surface area contributed by atoms with Gasteiger partial charge in [0.15, 0.2) is 5.78 Å². The number of halogens is 1. The molecule has 0 saturated carbocycles. The van der Waals surface area contributed by atoms with Crippen LogP contribution in [0.2, 0.25) is 0 Å². The zero-order chi connectivity index (χ0) is 17.6. The summed E-state index contributed by atoms with van der Waals surface area (Å²) in [5, 5.41) is 0. The average Bonchev–Trinajstić information content (AvgIpc) is 3.08. The van der Waals surface area contributed by atoms with E-state index >= 15 is 0 Å². The molecule has 0 aliphatic carbocycles. The number of benzene rings is 2. The molecule has 3 nitrogen and oxygen atoms in total. The molecule has 1 fully saturated rings. The van der Waals surface area contributed by atoms with Crippen molar-refractivity contribution >= 4 is 21.7 Å². The molecule has 25 heavy (non-hydrogen) atoms. The van der Waals surface area contributed by atoms with Gasteiger partial charge >= 0.3 is 0 Å². The maximum Gasteiger partial charge on any atom is 0.193 e. The van der Waals surface area contributed by atoms with Gasteiger partial charge in [-0.05, 0) is 67.9 Å². The molecule has 2 aromatic rings. The van der Waals surface area contributed by atoms with Crippen LogP contribution in [0.15, 0.2) is 53.0 Å². The molecule has 0 radical (unpaired) electrons. The van der Waals surface area contributed by atoms with Gasteiger partial charge in [0.1, 0.15) is 12.4 Å². The van der Waals surface area contributed by atoms with E-state index in [0.29, 0.717) is 30.3 Å². The van der Waals surface area contributed by atoms with E-state index in [2.05, 4.69) is 26.8 Å². The highest BCUT2D eigenvalue weighted by Crippen LogP contribution is 2.20. The van der Waals surface area contributed by atoms with Crippen molar-refractivity contribution in [2.75, 3.05) is 19.7 Å². The van der Waals surface area contributed by atoms with E-state index in [1.54, 1.807) is 0 Å². The smallest absolute Gasteiger partial charge is 0.193 e. The Kier molecular flexibility index (Phi) is 5.91. The van der Waals surface area contributed by atoms with E-state index < -0.39 is 0 Å². The second-order valence-electron chi connectivity index (χ2n) is 6.14. The number of ketones is 1. The van der Waals surface area contributed by atoms with Gasteiger partial charge in [-0.1, -0.05) is 21.9 Å². The van der Waals surface area contributed by atoms with Crippen LogP contribution in [0.5, 0.6) is 5.75 Å². The third-order valence-corrected chi connectivity index (χ3v) is 4.99. The Morgan fingerprint density at radius 3 is 2.44 bits per heavy atom. The number of carbonyl (C=O) groups is 1. The van der Waals surface area contributed by atoms with Crippen molar-refractivity contribution in [1.29, 1.82) is 0 Å². The fourth-order valence-corrected chi connectivity index (χ4v) is 3.34. The number of hydrogen-bond acceptors (Lipinski definition) is 3. The van der Waals surface area contributed by atoms with Crippen LogP contribution >= 0.6 is 15.9 Å². The molecule has 1 saturated heterocycles. The van der Waals surface area contributed by atoms with Crippen LogP contribution in [0.25, 0.3) is 0 Å². The van der Waals surface area contributed by atoms with Crippen molar-refractivity contribution in [1.82, 2.24) is 4.90 Å². The van der Waals surface area contributed by atoms with Gasteiger partial charge in [0.05, 0.1) is 6.54 Å². The summed E-state index contributed by atoms with van der Waals surface area (Å²) in [5.74, 6) is 3.49. The van der Waals surface area contributed by atoms with Crippen LogP contribution in [-0.4, -0.2) is 36.4 Å². The van der Waals surface area contributed by atoms with Gasteiger partial charge in [-0.2, -0.15) is 0 Å². The van der Waals surface area contributed by atoms with Crippen molar-refractivity contribution in [2.45, 2.75) is 18.9 Å². The summed E-state index contributed by atoms with van der Waals surface area (Å²) >= 11 is 3.38. The molecular formula is C21H20BrNO2. The van der Waals surface area contributed by atoms with E-state index in [0.717, 1.165) is 29.6 Å². The van der Waals surface area contributed by atoms with Crippen LogP contribution < -0.4 is 4.74 Å². The molecule has 0 N–H and O–H groups in total. The maximum absolute atomic E-state index is 12.5. The summed E-state index contributed by atoms with van der Waals surface area (Å²) < 4.78 is 6.85. The molecule has 1 aliphatic heterocycles. The van der Waals surface area contributed by atoms with Crippen LogP contribution in [0.1, 0.15) is 28.8 Å². The first kappa shape index (κ1) is 17.7. The van der Waals surface area contributed by atoms with Gasteiger partial charge in [0, 0.05) is 21.6 Å². The number of ether oxygens (including phenoxy) is 1. The number of nitrogens with zero attached hydrogens (tertiary/aromatic N) is 1. The summed E-state index contributed by atoms with van der Waals surface area (Å²) in [6, 6.07) is 15.1. The van der Waals surface area contributed by atoms with Gasteiger partial charge in [0.25, 0.3) is 0 Å². The Balaban J connectivity index is 1.59. The molecule has 0 spiro atoms. The third kappa shape index (κ3) is 4.50. The van der Waals surface area contributed by atoms with E-state index in [1.165, 1.54) is 0 Å². The molecule has 1 unspecified atom stereocenters. The highest BCUT2D eigenvalue weighted by Gasteiger charge is 2.24. The van der Waals surface area contributed by atoms with Crippen LogP contribution in [0.4, 0.5) is 0 Å². The van der Waals surface area contributed by atoms with Gasteiger partial charge < -0.3 is 4.74 Å². The molecule has 1 atom stereocenters. The number of hydrogen-bond donors (Lipinski definition) is 0. The lowest BCUT2D eigenvalue weighted by molar-refractivity contribution is 0.103. The zero-order valence-corrected chi connectivity index (χ0v) is 15.5. The zero-order valence-electron chi connectivity index (χ0n) is 14.0. The summed E-state index contributed by atoms with van der Waals surface area (Å²) in [7, 11) is 0. The number of carbonyl (C=O) groups excluding carboxylic acids is 1. The molecule has 4 heteroatoms. The molecule has 2 aromatic carbocycles. The first-order valence-electron chi connectivity index (χ1n) is 8.38. The monoisotopic (exact) mass is 397 g/mol. The Morgan fingerprint density at radius 1 is 1.16 bits per heavy atom. The molecule has 1 heterocycles. The largest absolute Gasteiger partial charge is 0.492 e. The minimum Gasteiger partial charge on any atom is -0.492 e. The molecule has 0 bridgehead atoms. The van der Waals surface area contributed by atoms with Gasteiger partial charge in [-0.15, -0.1) is 6.42 Å². The molecule has 3 rings (SSSR count). The summed E-state index contributed by atoms with van der Waals surface area (Å²) in [5.41, 5.74) is 1.33.